The maximum absolute atomic E-state index is 5.98. The second kappa shape index (κ2) is 5.56. The Labute approximate surface area is 111 Å². The average Bonchev–Trinajstić information content (AvgIpc) is 2.78. The average molecular weight is 270 g/mol. The summed E-state index contributed by atoms with van der Waals surface area (Å²) in [4.78, 5) is 4.23. The molecule has 17 heavy (non-hydrogen) atoms. The normalized spacial score (nSPS) is 10.8. The highest BCUT2D eigenvalue weighted by Crippen LogP contribution is 2.27. The molecule has 0 radical (unpaired) electrons. The minimum Gasteiger partial charge on any atom is -0.441 e. The first-order chi connectivity index (χ1) is 8.20. The van der Waals surface area contributed by atoms with Crippen molar-refractivity contribution in [2.75, 3.05) is 5.88 Å². The fourth-order valence-electron chi connectivity index (χ4n) is 1.63. The van der Waals surface area contributed by atoms with Gasteiger partial charge in [-0.2, -0.15) is 0 Å². The Morgan fingerprint density at radius 2 is 2.18 bits per heavy atom. The fraction of sp³-hybridized carbons (Fsp3) is 0.308. The van der Waals surface area contributed by atoms with E-state index in [9.17, 15) is 0 Å². The predicted octanol–water partition coefficient (Wildman–Crippen LogP) is 4.47. The number of nitrogens with zero attached hydrogens (tertiary/aromatic N) is 1. The largest absolute Gasteiger partial charge is 0.441 e. The Bertz CT molecular complexity index is 508. The van der Waals surface area contributed by atoms with Crippen molar-refractivity contribution in [3.05, 3.63) is 40.9 Å². The molecule has 0 amide bonds. The number of alkyl halides is 1. The standard InChI is InChI=1S/C13H13Cl2NO/c1-9-4-5-10(15)7-11(9)12-8-16-13(17-12)3-2-6-14/h4-5,7-8H,2-3,6H2,1H3. The van der Waals surface area contributed by atoms with Gasteiger partial charge in [-0.15, -0.1) is 11.6 Å². The van der Waals surface area contributed by atoms with E-state index in [1.54, 1.807) is 6.20 Å². The molecule has 2 aromatic rings. The molecule has 1 aromatic heterocycles. The summed E-state index contributed by atoms with van der Waals surface area (Å²) in [5.74, 6) is 2.10. The third-order valence-electron chi connectivity index (χ3n) is 2.54. The Balaban J connectivity index is 2.27. The number of aromatic nitrogens is 1. The van der Waals surface area contributed by atoms with Crippen molar-refractivity contribution in [2.24, 2.45) is 0 Å². The van der Waals surface area contributed by atoms with Gasteiger partial charge in [0.05, 0.1) is 6.20 Å². The molecular weight excluding hydrogens is 257 g/mol. The minimum absolute atomic E-state index is 0.619. The summed E-state index contributed by atoms with van der Waals surface area (Å²) in [6.07, 6.45) is 3.38. The molecule has 0 unspecified atom stereocenters. The van der Waals surface area contributed by atoms with E-state index in [-0.39, 0.29) is 0 Å². The number of oxazole rings is 1. The lowest BCUT2D eigenvalue weighted by atomic mass is 10.1. The van der Waals surface area contributed by atoms with Crippen LogP contribution in [0.2, 0.25) is 5.02 Å². The Morgan fingerprint density at radius 3 is 2.94 bits per heavy atom. The highest BCUT2D eigenvalue weighted by molar-refractivity contribution is 6.30. The van der Waals surface area contributed by atoms with Crippen LogP contribution in [0.15, 0.2) is 28.8 Å². The third-order valence-corrected chi connectivity index (χ3v) is 3.05. The van der Waals surface area contributed by atoms with E-state index in [1.165, 1.54) is 0 Å². The molecule has 0 bridgehead atoms. The molecule has 4 heteroatoms. The molecule has 0 saturated heterocycles. The summed E-state index contributed by atoms with van der Waals surface area (Å²) in [6.45, 7) is 2.02. The molecular formula is C13H13Cl2NO. The molecule has 0 spiro atoms. The van der Waals surface area contributed by atoms with Crippen molar-refractivity contribution < 1.29 is 4.42 Å². The van der Waals surface area contributed by atoms with Crippen LogP contribution in [0, 0.1) is 6.92 Å². The lowest BCUT2D eigenvalue weighted by Gasteiger charge is -2.02. The smallest absolute Gasteiger partial charge is 0.194 e. The van der Waals surface area contributed by atoms with Crippen molar-refractivity contribution >= 4 is 23.2 Å². The first-order valence-electron chi connectivity index (χ1n) is 5.48. The zero-order chi connectivity index (χ0) is 12.3. The maximum atomic E-state index is 5.98. The Hall–Kier alpha value is -0.990. The quantitative estimate of drug-likeness (QED) is 0.766. The molecule has 0 saturated carbocycles. The molecule has 0 N–H and O–H groups in total. The van der Waals surface area contributed by atoms with Gasteiger partial charge >= 0.3 is 0 Å². The number of benzene rings is 1. The van der Waals surface area contributed by atoms with Crippen molar-refractivity contribution in [3.8, 4) is 11.3 Å². The molecule has 0 aliphatic heterocycles. The summed E-state index contributed by atoms with van der Waals surface area (Å²) in [5.41, 5.74) is 2.11. The molecule has 0 aliphatic rings. The maximum Gasteiger partial charge on any atom is 0.194 e. The van der Waals surface area contributed by atoms with Crippen LogP contribution < -0.4 is 0 Å². The van der Waals surface area contributed by atoms with Crippen molar-refractivity contribution in [3.63, 3.8) is 0 Å². The number of halogens is 2. The minimum atomic E-state index is 0.619. The highest BCUT2D eigenvalue weighted by Gasteiger charge is 2.09. The van der Waals surface area contributed by atoms with Gasteiger partial charge in [-0.1, -0.05) is 17.7 Å². The monoisotopic (exact) mass is 269 g/mol. The second-order valence-electron chi connectivity index (χ2n) is 3.87. The lowest BCUT2D eigenvalue weighted by molar-refractivity contribution is 0.503. The van der Waals surface area contributed by atoms with Crippen LogP contribution in [-0.2, 0) is 6.42 Å². The van der Waals surface area contributed by atoms with Crippen LogP contribution in [-0.4, -0.2) is 10.9 Å². The number of hydrogen-bond donors (Lipinski definition) is 0. The first kappa shape index (κ1) is 12.5. The first-order valence-corrected chi connectivity index (χ1v) is 6.39. The highest BCUT2D eigenvalue weighted by atomic mass is 35.5. The number of hydrogen-bond acceptors (Lipinski definition) is 2. The Kier molecular flexibility index (Phi) is 4.08. The van der Waals surface area contributed by atoms with Crippen molar-refractivity contribution in [2.45, 2.75) is 19.8 Å². The molecule has 2 nitrogen and oxygen atoms in total. The van der Waals surface area contributed by atoms with E-state index in [2.05, 4.69) is 4.98 Å². The van der Waals surface area contributed by atoms with Gasteiger partial charge in [0.1, 0.15) is 0 Å². The van der Waals surface area contributed by atoms with Crippen LogP contribution in [0.5, 0.6) is 0 Å². The lowest BCUT2D eigenvalue weighted by Crippen LogP contribution is -1.84. The van der Waals surface area contributed by atoms with Gasteiger partial charge < -0.3 is 4.42 Å². The summed E-state index contributed by atoms with van der Waals surface area (Å²) in [6, 6.07) is 5.73. The van der Waals surface area contributed by atoms with Gasteiger partial charge in [0.2, 0.25) is 0 Å². The predicted molar refractivity (Wildman–Crippen MR) is 70.7 cm³/mol. The van der Waals surface area contributed by atoms with Crippen LogP contribution in [0.25, 0.3) is 11.3 Å². The fourth-order valence-corrected chi connectivity index (χ4v) is 1.93. The van der Waals surface area contributed by atoms with E-state index in [4.69, 9.17) is 27.6 Å². The van der Waals surface area contributed by atoms with Crippen LogP contribution in [0.4, 0.5) is 0 Å². The van der Waals surface area contributed by atoms with E-state index < -0.39 is 0 Å². The number of aryl methyl sites for hydroxylation is 2. The second-order valence-corrected chi connectivity index (χ2v) is 4.68. The number of rotatable bonds is 4. The summed E-state index contributed by atoms with van der Waals surface area (Å²) in [7, 11) is 0. The van der Waals surface area contributed by atoms with Crippen LogP contribution in [0.3, 0.4) is 0 Å². The van der Waals surface area contributed by atoms with Gasteiger partial charge in [0.15, 0.2) is 11.7 Å². The van der Waals surface area contributed by atoms with Gasteiger partial charge in [0.25, 0.3) is 0 Å². The van der Waals surface area contributed by atoms with Gasteiger partial charge in [0, 0.05) is 22.9 Å². The van der Waals surface area contributed by atoms with E-state index in [0.29, 0.717) is 10.9 Å². The van der Waals surface area contributed by atoms with E-state index in [1.807, 2.05) is 25.1 Å². The van der Waals surface area contributed by atoms with E-state index in [0.717, 1.165) is 35.6 Å². The molecule has 1 aromatic carbocycles. The summed E-state index contributed by atoms with van der Waals surface area (Å²) in [5, 5.41) is 0.698. The zero-order valence-corrected chi connectivity index (χ0v) is 11.1. The molecule has 90 valence electrons. The van der Waals surface area contributed by atoms with Gasteiger partial charge in [-0.25, -0.2) is 4.98 Å². The molecule has 2 rings (SSSR count). The molecule has 1 heterocycles. The van der Waals surface area contributed by atoms with Gasteiger partial charge in [-0.3, -0.25) is 0 Å². The topological polar surface area (TPSA) is 26.0 Å². The summed E-state index contributed by atoms with van der Waals surface area (Å²) >= 11 is 11.6. The summed E-state index contributed by atoms with van der Waals surface area (Å²) < 4.78 is 5.68. The van der Waals surface area contributed by atoms with E-state index >= 15 is 0 Å². The van der Waals surface area contributed by atoms with Crippen molar-refractivity contribution in [1.29, 1.82) is 0 Å². The molecule has 0 atom stereocenters. The SMILES string of the molecule is Cc1ccc(Cl)cc1-c1cnc(CCCCl)o1. The van der Waals surface area contributed by atoms with Crippen LogP contribution in [0.1, 0.15) is 17.9 Å². The molecule has 0 fully saturated rings. The van der Waals surface area contributed by atoms with Crippen LogP contribution >= 0.6 is 23.2 Å². The third kappa shape index (κ3) is 3.02. The van der Waals surface area contributed by atoms with Gasteiger partial charge in [-0.05, 0) is 31.0 Å². The molecule has 0 aliphatic carbocycles. The Morgan fingerprint density at radius 1 is 1.35 bits per heavy atom. The van der Waals surface area contributed by atoms with Crippen molar-refractivity contribution in [1.82, 2.24) is 4.98 Å². The zero-order valence-electron chi connectivity index (χ0n) is 9.54.